The van der Waals surface area contributed by atoms with Crippen LogP contribution in [0.3, 0.4) is 0 Å². The minimum Gasteiger partial charge on any atom is -0.421 e. The second-order valence-electron chi connectivity index (χ2n) is 7.55. The van der Waals surface area contributed by atoms with E-state index in [1.165, 1.54) is 6.92 Å². The molecule has 1 aromatic rings. The second-order valence-corrected chi connectivity index (χ2v) is 7.55. The van der Waals surface area contributed by atoms with Gasteiger partial charge in [-0.05, 0) is 30.6 Å². The van der Waals surface area contributed by atoms with Crippen LogP contribution >= 0.6 is 0 Å². The third kappa shape index (κ3) is 7.42. The highest BCUT2D eigenvalue weighted by Crippen LogP contribution is 2.31. The first kappa shape index (κ1) is 21.9. The van der Waals surface area contributed by atoms with Gasteiger partial charge >= 0.3 is 11.9 Å². The summed E-state index contributed by atoms with van der Waals surface area (Å²) >= 11 is 0. The Kier molecular flexibility index (Phi) is 9.11. The number of hydrogen-bond donors (Lipinski definition) is 0. The van der Waals surface area contributed by atoms with E-state index in [4.69, 9.17) is 9.47 Å². The summed E-state index contributed by atoms with van der Waals surface area (Å²) < 4.78 is 10.9. The summed E-state index contributed by atoms with van der Waals surface area (Å²) in [5, 5.41) is 0. The van der Waals surface area contributed by atoms with Gasteiger partial charge in [0.1, 0.15) is 0 Å². The monoisotopic (exact) mass is 360 g/mol. The summed E-state index contributed by atoms with van der Waals surface area (Å²) in [5.74, 6) is -0.339. The van der Waals surface area contributed by atoms with Crippen LogP contribution in [0.25, 0.3) is 0 Å². The van der Waals surface area contributed by atoms with Crippen molar-refractivity contribution in [3.05, 3.63) is 48.6 Å². The van der Waals surface area contributed by atoms with Crippen LogP contribution in [0.15, 0.2) is 43.0 Å². The highest BCUT2D eigenvalue weighted by molar-refractivity contribution is 5.74. The van der Waals surface area contributed by atoms with Crippen molar-refractivity contribution < 1.29 is 19.1 Å². The summed E-state index contributed by atoms with van der Waals surface area (Å²) in [6.07, 6.45) is 2.38. The lowest BCUT2D eigenvalue weighted by Gasteiger charge is -2.28. The molecule has 0 spiro atoms. The van der Waals surface area contributed by atoms with E-state index >= 15 is 0 Å². The van der Waals surface area contributed by atoms with Gasteiger partial charge in [-0.2, -0.15) is 0 Å². The van der Waals surface area contributed by atoms with Crippen LogP contribution in [0.1, 0.15) is 59.3 Å². The lowest BCUT2D eigenvalue weighted by molar-refractivity contribution is -0.192. The lowest BCUT2D eigenvalue weighted by Crippen LogP contribution is -2.29. The van der Waals surface area contributed by atoms with E-state index in [2.05, 4.69) is 34.3 Å². The van der Waals surface area contributed by atoms with Crippen LogP contribution in [-0.4, -0.2) is 11.9 Å². The standard InChI is InChI=1S/C22H32O4/c1-7-18(13-15(2)3)20(14-16(4)5)21(24)26-22(25-17(6)23)19-11-9-8-10-12-19/h7-12,15-16,18,20,22H,1,13-14H2,2-6H3. The molecule has 0 saturated carbocycles. The zero-order chi connectivity index (χ0) is 19.7. The molecule has 0 aliphatic carbocycles. The molecule has 0 aliphatic heterocycles. The Hall–Kier alpha value is -2.10. The highest BCUT2D eigenvalue weighted by Gasteiger charge is 2.32. The average Bonchev–Trinajstić information content (AvgIpc) is 2.57. The minimum atomic E-state index is -1.03. The Bertz CT molecular complexity index is 577. The first-order valence-corrected chi connectivity index (χ1v) is 9.29. The number of rotatable bonds is 10. The largest absolute Gasteiger partial charge is 0.421 e. The van der Waals surface area contributed by atoms with Crippen molar-refractivity contribution in [2.75, 3.05) is 0 Å². The molecule has 0 aromatic heterocycles. The van der Waals surface area contributed by atoms with E-state index in [0.29, 0.717) is 23.8 Å². The van der Waals surface area contributed by atoms with E-state index < -0.39 is 12.3 Å². The molecule has 0 heterocycles. The fraction of sp³-hybridized carbons (Fsp3) is 0.545. The zero-order valence-electron chi connectivity index (χ0n) is 16.6. The number of hydrogen-bond acceptors (Lipinski definition) is 4. The minimum absolute atomic E-state index is 0.0265. The van der Waals surface area contributed by atoms with E-state index in [1.54, 1.807) is 12.1 Å². The molecule has 0 radical (unpaired) electrons. The summed E-state index contributed by atoms with van der Waals surface area (Å²) in [5.41, 5.74) is 0.637. The number of ether oxygens (including phenoxy) is 2. The molecule has 0 saturated heterocycles. The number of benzene rings is 1. The van der Waals surface area contributed by atoms with Crippen LogP contribution in [0.2, 0.25) is 0 Å². The molecule has 3 unspecified atom stereocenters. The molecule has 0 fully saturated rings. The van der Waals surface area contributed by atoms with Crippen LogP contribution in [0, 0.1) is 23.7 Å². The Morgan fingerprint density at radius 1 is 1.00 bits per heavy atom. The molecule has 1 aromatic carbocycles. The van der Waals surface area contributed by atoms with Crippen molar-refractivity contribution >= 4 is 11.9 Å². The average molecular weight is 360 g/mol. The summed E-state index contributed by atoms with van der Waals surface area (Å²) in [6.45, 7) is 13.6. The predicted molar refractivity (Wildman–Crippen MR) is 103 cm³/mol. The number of esters is 2. The highest BCUT2D eigenvalue weighted by atomic mass is 16.7. The van der Waals surface area contributed by atoms with Gasteiger partial charge in [0.15, 0.2) is 0 Å². The normalized spacial score (nSPS) is 14.6. The first-order valence-electron chi connectivity index (χ1n) is 9.29. The van der Waals surface area contributed by atoms with E-state index in [0.717, 1.165) is 6.42 Å². The molecule has 0 amide bonds. The quantitative estimate of drug-likeness (QED) is 0.323. The number of carbonyl (C=O) groups excluding carboxylic acids is 2. The SMILES string of the molecule is C=CC(CC(C)C)C(CC(C)C)C(=O)OC(OC(C)=O)c1ccccc1. The molecule has 26 heavy (non-hydrogen) atoms. The molecule has 0 bridgehead atoms. The Balaban J connectivity index is 3.02. The fourth-order valence-corrected chi connectivity index (χ4v) is 3.04. The third-order valence-electron chi connectivity index (χ3n) is 4.16. The molecule has 0 N–H and O–H groups in total. The van der Waals surface area contributed by atoms with Crippen molar-refractivity contribution in [1.29, 1.82) is 0 Å². The molecule has 3 atom stereocenters. The molecular weight excluding hydrogens is 328 g/mol. The van der Waals surface area contributed by atoms with Crippen LogP contribution in [0.5, 0.6) is 0 Å². The number of allylic oxidation sites excluding steroid dienone is 1. The van der Waals surface area contributed by atoms with Crippen LogP contribution < -0.4 is 0 Å². The first-order chi connectivity index (χ1) is 12.2. The Morgan fingerprint density at radius 2 is 1.58 bits per heavy atom. The van der Waals surface area contributed by atoms with Gasteiger partial charge in [-0.15, -0.1) is 6.58 Å². The van der Waals surface area contributed by atoms with Gasteiger partial charge in [0, 0.05) is 12.5 Å². The van der Waals surface area contributed by atoms with Crippen LogP contribution in [-0.2, 0) is 19.1 Å². The Morgan fingerprint density at radius 3 is 2.04 bits per heavy atom. The number of carbonyl (C=O) groups is 2. The summed E-state index contributed by atoms with van der Waals surface area (Å²) in [7, 11) is 0. The zero-order valence-corrected chi connectivity index (χ0v) is 16.6. The lowest BCUT2D eigenvalue weighted by atomic mass is 9.81. The molecule has 0 aliphatic rings. The molecule has 4 nitrogen and oxygen atoms in total. The Labute approximate surface area is 157 Å². The topological polar surface area (TPSA) is 52.6 Å². The van der Waals surface area contributed by atoms with Crippen molar-refractivity contribution in [2.24, 2.45) is 23.7 Å². The van der Waals surface area contributed by atoms with Crippen molar-refractivity contribution in [3.8, 4) is 0 Å². The van der Waals surface area contributed by atoms with Crippen molar-refractivity contribution in [3.63, 3.8) is 0 Å². The van der Waals surface area contributed by atoms with Gasteiger partial charge in [-0.3, -0.25) is 9.59 Å². The van der Waals surface area contributed by atoms with E-state index in [9.17, 15) is 9.59 Å². The fourth-order valence-electron chi connectivity index (χ4n) is 3.04. The van der Waals surface area contributed by atoms with E-state index in [1.807, 2.05) is 24.3 Å². The molecule has 144 valence electrons. The smallest absolute Gasteiger partial charge is 0.312 e. The van der Waals surface area contributed by atoms with Crippen LogP contribution in [0.4, 0.5) is 0 Å². The van der Waals surface area contributed by atoms with Gasteiger partial charge in [0.25, 0.3) is 6.29 Å². The molecule has 4 heteroatoms. The van der Waals surface area contributed by atoms with Crippen molar-refractivity contribution in [1.82, 2.24) is 0 Å². The van der Waals surface area contributed by atoms with Gasteiger partial charge in [-0.25, -0.2) is 0 Å². The molecular formula is C22H32O4. The summed E-state index contributed by atoms with van der Waals surface area (Å²) in [6, 6.07) is 9.04. The van der Waals surface area contributed by atoms with Gasteiger partial charge < -0.3 is 9.47 Å². The van der Waals surface area contributed by atoms with Gasteiger partial charge in [0.05, 0.1) is 5.92 Å². The van der Waals surface area contributed by atoms with E-state index in [-0.39, 0.29) is 17.8 Å². The van der Waals surface area contributed by atoms with Gasteiger partial charge in [0.2, 0.25) is 0 Å². The van der Waals surface area contributed by atoms with Gasteiger partial charge in [-0.1, -0.05) is 64.1 Å². The maximum absolute atomic E-state index is 13.0. The second kappa shape index (κ2) is 10.8. The molecule has 1 rings (SSSR count). The maximum atomic E-state index is 13.0. The third-order valence-corrected chi connectivity index (χ3v) is 4.16. The van der Waals surface area contributed by atoms with Crippen molar-refractivity contribution in [2.45, 2.75) is 53.8 Å². The predicted octanol–water partition coefficient (Wildman–Crippen LogP) is 5.30. The maximum Gasteiger partial charge on any atom is 0.312 e. The summed E-state index contributed by atoms with van der Waals surface area (Å²) in [4.78, 5) is 24.4.